The molecule has 0 radical (unpaired) electrons. The molecular formula is C15H17N3O2. The van der Waals surface area contributed by atoms with E-state index in [0.29, 0.717) is 6.54 Å². The Balaban J connectivity index is 1.81. The normalized spacial score (nSPS) is 15.6. The van der Waals surface area contributed by atoms with Gasteiger partial charge in [-0.05, 0) is 12.0 Å². The first-order chi connectivity index (χ1) is 9.74. The van der Waals surface area contributed by atoms with Crippen molar-refractivity contribution in [2.24, 2.45) is 0 Å². The van der Waals surface area contributed by atoms with Crippen LogP contribution in [0, 0.1) is 0 Å². The minimum absolute atomic E-state index is 0.185. The number of aromatic nitrogens is 2. The molecule has 0 unspecified atom stereocenters. The van der Waals surface area contributed by atoms with Crippen LogP contribution in [0.25, 0.3) is 0 Å². The Morgan fingerprint density at radius 2 is 2.05 bits per heavy atom. The second-order valence-electron chi connectivity index (χ2n) is 5.09. The Bertz CT molecular complexity index is 607. The highest BCUT2D eigenvalue weighted by Crippen LogP contribution is 2.18. The fraction of sp³-hybridized carbons (Fsp3) is 0.333. The van der Waals surface area contributed by atoms with Crippen LogP contribution in [-0.4, -0.2) is 32.1 Å². The van der Waals surface area contributed by atoms with Gasteiger partial charge < -0.3 is 9.67 Å². The summed E-state index contributed by atoms with van der Waals surface area (Å²) in [6.45, 7) is 3.28. The topological polar surface area (TPSA) is 58.4 Å². The molecular weight excluding hydrogens is 254 g/mol. The number of carboxylic acid groups (broad SMARTS) is 1. The van der Waals surface area contributed by atoms with Gasteiger partial charge in [0.25, 0.3) is 0 Å². The van der Waals surface area contributed by atoms with Gasteiger partial charge in [0.2, 0.25) is 0 Å². The van der Waals surface area contributed by atoms with Gasteiger partial charge in [-0.1, -0.05) is 30.3 Å². The van der Waals surface area contributed by atoms with Crippen molar-refractivity contribution >= 4 is 5.97 Å². The number of carboxylic acids is 1. The molecule has 0 saturated heterocycles. The molecule has 1 N–H and O–H groups in total. The first-order valence-electron chi connectivity index (χ1n) is 6.77. The van der Waals surface area contributed by atoms with Gasteiger partial charge in [0.05, 0.1) is 12.0 Å². The maximum atomic E-state index is 11.2. The van der Waals surface area contributed by atoms with E-state index in [4.69, 9.17) is 0 Å². The number of hydrogen-bond donors (Lipinski definition) is 1. The predicted octanol–water partition coefficient (Wildman–Crippen LogP) is 1.99. The minimum atomic E-state index is -0.944. The van der Waals surface area contributed by atoms with E-state index in [9.17, 15) is 9.90 Å². The van der Waals surface area contributed by atoms with Crippen molar-refractivity contribution in [3.63, 3.8) is 0 Å². The lowest BCUT2D eigenvalue weighted by Gasteiger charge is -2.19. The van der Waals surface area contributed by atoms with Gasteiger partial charge in [0, 0.05) is 26.2 Å². The number of aryl methyl sites for hydroxylation is 1. The van der Waals surface area contributed by atoms with Crippen LogP contribution in [0.5, 0.6) is 0 Å². The molecule has 3 rings (SSSR count). The number of benzene rings is 1. The summed E-state index contributed by atoms with van der Waals surface area (Å²) in [5, 5.41) is 9.20. The zero-order valence-electron chi connectivity index (χ0n) is 11.2. The van der Waals surface area contributed by atoms with Crippen LogP contribution >= 0.6 is 0 Å². The van der Waals surface area contributed by atoms with Gasteiger partial charge >= 0.3 is 5.97 Å². The Morgan fingerprint density at radius 1 is 1.25 bits per heavy atom. The third-order valence-electron chi connectivity index (χ3n) is 3.64. The molecule has 1 aromatic carbocycles. The molecule has 1 aromatic heterocycles. The van der Waals surface area contributed by atoms with Crippen LogP contribution in [0.4, 0.5) is 0 Å². The number of nitrogens with zero attached hydrogens (tertiary/aromatic N) is 3. The Kier molecular flexibility index (Phi) is 3.52. The summed E-state index contributed by atoms with van der Waals surface area (Å²) < 4.78 is 1.97. The molecule has 0 amide bonds. The molecule has 0 bridgehead atoms. The van der Waals surface area contributed by atoms with Crippen molar-refractivity contribution in [1.29, 1.82) is 0 Å². The summed E-state index contributed by atoms with van der Waals surface area (Å²) in [5.41, 5.74) is 2.24. The average Bonchev–Trinajstić information content (AvgIpc) is 2.73. The van der Waals surface area contributed by atoms with Crippen LogP contribution in [0.1, 0.15) is 28.2 Å². The zero-order chi connectivity index (χ0) is 13.9. The summed E-state index contributed by atoms with van der Waals surface area (Å²) in [7, 11) is 0. The van der Waals surface area contributed by atoms with E-state index < -0.39 is 5.97 Å². The van der Waals surface area contributed by atoms with E-state index in [-0.39, 0.29) is 5.69 Å². The monoisotopic (exact) mass is 271 g/mol. The molecule has 0 atom stereocenters. The van der Waals surface area contributed by atoms with E-state index in [2.05, 4.69) is 22.0 Å². The molecule has 1 aliphatic rings. The number of aromatic carboxylic acids is 1. The zero-order valence-corrected chi connectivity index (χ0v) is 11.2. The third-order valence-corrected chi connectivity index (χ3v) is 3.64. The van der Waals surface area contributed by atoms with Gasteiger partial charge in [-0.15, -0.1) is 0 Å². The number of rotatable bonds is 3. The summed E-state index contributed by atoms with van der Waals surface area (Å²) in [4.78, 5) is 17.5. The van der Waals surface area contributed by atoms with E-state index in [1.165, 1.54) is 5.56 Å². The lowest BCUT2D eigenvalue weighted by Crippen LogP contribution is -2.23. The van der Waals surface area contributed by atoms with Gasteiger partial charge in [0.1, 0.15) is 0 Å². The SMILES string of the molecule is O=C(O)c1ncn2c1CN(Cc1ccccc1)CCC2. The second-order valence-corrected chi connectivity index (χ2v) is 5.09. The molecule has 104 valence electrons. The highest BCUT2D eigenvalue weighted by Gasteiger charge is 2.22. The van der Waals surface area contributed by atoms with Crippen LogP contribution in [0.2, 0.25) is 0 Å². The van der Waals surface area contributed by atoms with Crippen molar-refractivity contribution in [3.8, 4) is 0 Å². The standard InChI is InChI=1S/C15H17N3O2/c19-15(20)14-13-10-17(7-4-8-18(13)11-16-14)9-12-5-2-1-3-6-12/h1-3,5-6,11H,4,7-10H2,(H,19,20). The predicted molar refractivity (Wildman–Crippen MR) is 74.4 cm³/mol. The van der Waals surface area contributed by atoms with Crippen LogP contribution in [-0.2, 0) is 19.6 Å². The maximum Gasteiger partial charge on any atom is 0.356 e. The highest BCUT2D eigenvalue weighted by molar-refractivity contribution is 5.86. The molecule has 0 saturated carbocycles. The average molecular weight is 271 g/mol. The van der Waals surface area contributed by atoms with Gasteiger partial charge in [0.15, 0.2) is 5.69 Å². The van der Waals surface area contributed by atoms with Crippen molar-refractivity contribution in [1.82, 2.24) is 14.5 Å². The van der Waals surface area contributed by atoms with Gasteiger partial charge in [-0.3, -0.25) is 4.90 Å². The van der Waals surface area contributed by atoms with E-state index in [1.54, 1.807) is 6.33 Å². The van der Waals surface area contributed by atoms with Gasteiger partial charge in [-0.2, -0.15) is 0 Å². The largest absolute Gasteiger partial charge is 0.476 e. The highest BCUT2D eigenvalue weighted by atomic mass is 16.4. The lowest BCUT2D eigenvalue weighted by molar-refractivity contribution is 0.0688. The molecule has 0 fully saturated rings. The number of fused-ring (bicyclic) bond motifs is 1. The number of carbonyl (C=O) groups is 1. The molecule has 2 aromatic rings. The maximum absolute atomic E-state index is 11.2. The Labute approximate surface area is 117 Å². The van der Waals surface area contributed by atoms with Crippen molar-refractivity contribution in [2.45, 2.75) is 26.1 Å². The molecule has 5 nitrogen and oxygen atoms in total. The fourth-order valence-corrected chi connectivity index (χ4v) is 2.68. The van der Waals surface area contributed by atoms with E-state index in [0.717, 1.165) is 31.7 Å². The van der Waals surface area contributed by atoms with Crippen LogP contribution in [0.3, 0.4) is 0 Å². The summed E-state index contributed by atoms with van der Waals surface area (Å²) in [6, 6.07) is 10.3. The third kappa shape index (κ3) is 2.58. The smallest absolute Gasteiger partial charge is 0.356 e. The molecule has 0 spiro atoms. The summed E-state index contributed by atoms with van der Waals surface area (Å²) in [5.74, 6) is -0.944. The summed E-state index contributed by atoms with van der Waals surface area (Å²) in [6.07, 6.45) is 2.65. The van der Waals surface area contributed by atoms with E-state index >= 15 is 0 Å². The first-order valence-corrected chi connectivity index (χ1v) is 6.77. The van der Waals surface area contributed by atoms with Crippen LogP contribution in [0.15, 0.2) is 36.7 Å². The Hall–Kier alpha value is -2.14. The van der Waals surface area contributed by atoms with Crippen molar-refractivity contribution in [3.05, 3.63) is 53.6 Å². The van der Waals surface area contributed by atoms with Crippen molar-refractivity contribution < 1.29 is 9.90 Å². The number of hydrogen-bond acceptors (Lipinski definition) is 3. The minimum Gasteiger partial charge on any atom is -0.476 e. The van der Waals surface area contributed by atoms with Crippen molar-refractivity contribution in [2.75, 3.05) is 6.54 Å². The molecule has 0 aliphatic carbocycles. The summed E-state index contributed by atoms with van der Waals surface area (Å²) >= 11 is 0. The molecule has 20 heavy (non-hydrogen) atoms. The molecule has 2 heterocycles. The quantitative estimate of drug-likeness (QED) is 0.927. The molecule has 5 heteroatoms. The molecule has 1 aliphatic heterocycles. The fourth-order valence-electron chi connectivity index (χ4n) is 2.68. The number of imidazole rings is 1. The van der Waals surface area contributed by atoms with E-state index in [1.807, 2.05) is 22.8 Å². The van der Waals surface area contributed by atoms with Gasteiger partial charge in [-0.25, -0.2) is 9.78 Å². The lowest BCUT2D eigenvalue weighted by atomic mass is 10.2. The first kappa shape index (κ1) is 12.9. The Morgan fingerprint density at radius 3 is 2.80 bits per heavy atom. The van der Waals surface area contributed by atoms with Crippen LogP contribution < -0.4 is 0 Å². The second kappa shape index (κ2) is 5.46.